The van der Waals surface area contributed by atoms with Gasteiger partial charge in [-0.15, -0.1) is 0 Å². The van der Waals surface area contributed by atoms with Gasteiger partial charge >= 0.3 is 5.97 Å². The van der Waals surface area contributed by atoms with Crippen molar-refractivity contribution in [3.8, 4) is 11.8 Å². The van der Waals surface area contributed by atoms with Crippen LogP contribution in [0.5, 0.6) is 5.75 Å². The Bertz CT molecular complexity index is 957. The maximum Gasteiger partial charge on any atom is 0.316 e. The number of carbonyl (C=O) groups excluding carboxylic acids is 2. The molecule has 6 nitrogen and oxygen atoms in total. The molecule has 1 saturated heterocycles. The van der Waals surface area contributed by atoms with Crippen molar-refractivity contribution < 1.29 is 19.1 Å². The van der Waals surface area contributed by atoms with Crippen molar-refractivity contribution in [1.82, 2.24) is 4.90 Å². The first-order valence-corrected chi connectivity index (χ1v) is 10.5. The number of hydrogen-bond acceptors (Lipinski definition) is 5. The van der Waals surface area contributed by atoms with Gasteiger partial charge in [0, 0.05) is 13.1 Å². The first-order chi connectivity index (χ1) is 14.9. The highest BCUT2D eigenvalue weighted by molar-refractivity contribution is 5.85. The lowest BCUT2D eigenvalue weighted by molar-refractivity contribution is -0.153. The van der Waals surface area contributed by atoms with Crippen LogP contribution >= 0.6 is 0 Å². The van der Waals surface area contributed by atoms with Gasteiger partial charge in [0.05, 0.1) is 18.1 Å². The fourth-order valence-electron chi connectivity index (χ4n) is 4.12. The van der Waals surface area contributed by atoms with Crippen LogP contribution in [0.25, 0.3) is 0 Å². The molecule has 1 aliphatic heterocycles. The summed E-state index contributed by atoms with van der Waals surface area (Å²) < 4.78 is 11.1. The molecule has 2 aromatic rings. The average Bonchev–Trinajstić information content (AvgIpc) is 2.82. The molecule has 0 saturated carbocycles. The minimum Gasteiger partial charge on any atom is -0.479 e. The number of hydrogen-bond donors (Lipinski definition) is 0. The van der Waals surface area contributed by atoms with Crippen LogP contribution in [-0.2, 0) is 19.7 Å². The Morgan fingerprint density at radius 3 is 2.23 bits per heavy atom. The van der Waals surface area contributed by atoms with E-state index in [1.54, 1.807) is 29.2 Å². The highest BCUT2D eigenvalue weighted by Crippen LogP contribution is 2.37. The summed E-state index contributed by atoms with van der Waals surface area (Å²) in [4.78, 5) is 27.8. The number of likely N-dealkylation sites (tertiary alicyclic amines) is 1. The van der Waals surface area contributed by atoms with Crippen molar-refractivity contribution in [2.75, 3.05) is 20.2 Å². The van der Waals surface area contributed by atoms with Crippen molar-refractivity contribution in [2.45, 2.75) is 38.2 Å². The Balaban J connectivity index is 1.78. The zero-order chi connectivity index (χ0) is 22.4. The van der Waals surface area contributed by atoms with Gasteiger partial charge in [0.2, 0.25) is 0 Å². The summed E-state index contributed by atoms with van der Waals surface area (Å²) in [5.74, 6) is -0.0809. The number of methoxy groups -OCH3 is 1. The molecule has 0 N–H and O–H groups in total. The van der Waals surface area contributed by atoms with E-state index in [1.807, 2.05) is 44.2 Å². The van der Waals surface area contributed by atoms with Crippen molar-refractivity contribution in [3.63, 3.8) is 0 Å². The van der Waals surface area contributed by atoms with Crippen molar-refractivity contribution >= 4 is 11.9 Å². The number of para-hydroxylation sites is 1. The third-order valence-corrected chi connectivity index (χ3v) is 5.94. The van der Waals surface area contributed by atoms with Crippen molar-refractivity contribution in [1.29, 1.82) is 5.26 Å². The quantitative estimate of drug-likeness (QED) is 0.666. The first kappa shape index (κ1) is 22.4. The lowest BCUT2D eigenvalue weighted by atomic mass is 9.72. The fraction of sp³-hybridized carbons (Fsp3) is 0.400. The predicted molar refractivity (Wildman–Crippen MR) is 116 cm³/mol. The molecule has 6 heteroatoms. The summed E-state index contributed by atoms with van der Waals surface area (Å²) in [5.41, 5.74) is 0.552. The third-order valence-electron chi connectivity index (χ3n) is 5.94. The number of ether oxygens (including phenoxy) is 2. The minimum atomic E-state index is -0.756. The van der Waals surface area contributed by atoms with E-state index in [1.165, 1.54) is 7.11 Å². The van der Waals surface area contributed by atoms with E-state index in [9.17, 15) is 14.9 Å². The summed E-state index contributed by atoms with van der Waals surface area (Å²) in [6.07, 6.45) is 0.251. The second kappa shape index (κ2) is 9.65. The molecule has 0 aromatic heterocycles. The number of piperidine rings is 1. The van der Waals surface area contributed by atoms with Gasteiger partial charge in [0.15, 0.2) is 6.10 Å². The number of benzene rings is 2. The third kappa shape index (κ3) is 4.56. The van der Waals surface area contributed by atoms with Crippen LogP contribution in [0, 0.1) is 17.2 Å². The van der Waals surface area contributed by atoms with E-state index < -0.39 is 11.5 Å². The van der Waals surface area contributed by atoms with Crippen LogP contribution in [0.15, 0.2) is 54.6 Å². The lowest BCUT2D eigenvalue weighted by Crippen LogP contribution is -2.53. The molecular weight excluding hydrogens is 392 g/mol. The number of amides is 1. The van der Waals surface area contributed by atoms with Crippen LogP contribution in [0.1, 0.15) is 37.8 Å². The molecule has 1 heterocycles. The minimum absolute atomic E-state index is 0.0827. The van der Waals surface area contributed by atoms with Gasteiger partial charge in [-0.2, -0.15) is 5.26 Å². The summed E-state index contributed by atoms with van der Waals surface area (Å²) in [6.45, 7) is 4.69. The van der Waals surface area contributed by atoms with Gasteiger partial charge < -0.3 is 14.4 Å². The SMILES string of the molecule is COC(=O)C1(c2ccccc2)CCN(C(=O)C(Oc2ccccc2C#N)C(C)C)CC1. The largest absolute Gasteiger partial charge is 0.479 e. The normalized spacial score (nSPS) is 16.3. The van der Waals surface area contributed by atoms with Crippen LogP contribution in [0.4, 0.5) is 0 Å². The maximum absolute atomic E-state index is 13.3. The molecule has 3 rings (SSSR count). The van der Waals surface area contributed by atoms with Gasteiger partial charge in [0.1, 0.15) is 11.8 Å². The molecule has 1 aliphatic rings. The molecule has 1 atom stereocenters. The highest BCUT2D eigenvalue weighted by Gasteiger charge is 2.45. The number of nitriles is 1. The van der Waals surface area contributed by atoms with E-state index in [0.717, 1.165) is 5.56 Å². The number of esters is 1. The molecule has 0 bridgehead atoms. The van der Waals surface area contributed by atoms with Gasteiger partial charge in [-0.05, 0) is 36.5 Å². The molecular formula is C25H28N2O4. The summed E-state index contributed by atoms with van der Waals surface area (Å²) in [6, 6.07) is 18.6. The molecule has 1 amide bonds. The summed E-state index contributed by atoms with van der Waals surface area (Å²) in [5, 5.41) is 9.33. The Kier molecular flexibility index (Phi) is 6.96. The Morgan fingerprint density at radius 1 is 1.03 bits per heavy atom. The summed E-state index contributed by atoms with van der Waals surface area (Å²) in [7, 11) is 1.40. The first-order valence-electron chi connectivity index (χ1n) is 10.5. The van der Waals surface area contributed by atoms with Gasteiger partial charge in [-0.25, -0.2) is 0 Å². The smallest absolute Gasteiger partial charge is 0.316 e. The Morgan fingerprint density at radius 2 is 1.65 bits per heavy atom. The molecule has 2 aromatic carbocycles. The molecule has 0 aliphatic carbocycles. The van der Waals surface area contributed by atoms with Crippen LogP contribution in [0.2, 0.25) is 0 Å². The predicted octanol–water partition coefficient (Wildman–Crippen LogP) is 3.70. The van der Waals surface area contributed by atoms with E-state index in [4.69, 9.17) is 9.47 Å². The number of carbonyl (C=O) groups is 2. The maximum atomic E-state index is 13.3. The van der Waals surface area contributed by atoms with Gasteiger partial charge in [-0.1, -0.05) is 56.3 Å². The van der Waals surface area contributed by atoms with Crippen LogP contribution in [0.3, 0.4) is 0 Å². The van der Waals surface area contributed by atoms with Crippen molar-refractivity contribution in [3.05, 3.63) is 65.7 Å². The molecule has 0 spiro atoms. The Labute approximate surface area is 183 Å². The number of nitrogens with zero attached hydrogens (tertiary/aromatic N) is 2. The monoisotopic (exact) mass is 420 g/mol. The standard InChI is InChI=1S/C25H28N2O4/c1-18(2)22(31-21-12-8-7-9-19(21)17-26)23(28)27-15-13-25(14-16-27,24(29)30-3)20-10-5-4-6-11-20/h4-12,18,22H,13-16H2,1-3H3. The zero-order valence-corrected chi connectivity index (χ0v) is 18.2. The molecule has 1 fully saturated rings. The highest BCUT2D eigenvalue weighted by atomic mass is 16.5. The van der Waals surface area contributed by atoms with E-state index >= 15 is 0 Å². The molecule has 162 valence electrons. The van der Waals surface area contributed by atoms with Crippen LogP contribution < -0.4 is 4.74 Å². The van der Waals surface area contributed by atoms with E-state index in [2.05, 4.69) is 6.07 Å². The topological polar surface area (TPSA) is 79.6 Å². The molecule has 31 heavy (non-hydrogen) atoms. The van der Waals surface area contributed by atoms with E-state index in [-0.39, 0.29) is 17.8 Å². The summed E-state index contributed by atoms with van der Waals surface area (Å²) >= 11 is 0. The second-order valence-electron chi connectivity index (χ2n) is 8.16. The fourth-order valence-corrected chi connectivity index (χ4v) is 4.12. The zero-order valence-electron chi connectivity index (χ0n) is 18.2. The van der Waals surface area contributed by atoms with E-state index in [0.29, 0.717) is 37.2 Å². The molecule has 1 unspecified atom stereocenters. The average molecular weight is 421 g/mol. The Hall–Kier alpha value is -3.33. The van der Waals surface area contributed by atoms with Gasteiger partial charge in [0.25, 0.3) is 5.91 Å². The van der Waals surface area contributed by atoms with Gasteiger partial charge in [-0.3, -0.25) is 9.59 Å². The second-order valence-corrected chi connectivity index (χ2v) is 8.16. The molecule has 0 radical (unpaired) electrons. The number of rotatable bonds is 6. The lowest BCUT2D eigenvalue weighted by Gasteiger charge is -2.41. The van der Waals surface area contributed by atoms with Crippen LogP contribution in [-0.4, -0.2) is 43.1 Å². The van der Waals surface area contributed by atoms with Crippen molar-refractivity contribution in [2.24, 2.45) is 5.92 Å².